The molecule has 0 saturated heterocycles. The highest BCUT2D eigenvalue weighted by molar-refractivity contribution is 6.83. The van der Waals surface area contributed by atoms with E-state index in [1.165, 1.54) is 5.57 Å². The number of fused-ring (bicyclic) bond motifs is 1. The van der Waals surface area contributed by atoms with E-state index in [0.29, 0.717) is 18.1 Å². The Labute approximate surface area is 131 Å². The maximum atomic E-state index is 12.5. The molecule has 0 aromatic carbocycles. The third-order valence-corrected chi connectivity index (χ3v) is 6.02. The van der Waals surface area contributed by atoms with E-state index in [1.54, 1.807) is 0 Å². The Balaban J connectivity index is 2.44. The van der Waals surface area contributed by atoms with Gasteiger partial charge in [-0.2, -0.15) is 0 Å². The molecule has 21 heavy (non-hydrogen) atoms. The van der Waals surface area contributed by atoms with Gasteiger partial charge in [0.05, 0.1) is 5.76 Å². The highest BCUT2D eigenvalue weighted by Gasteiger charge is 2.60. The van der Waals surface area contributed by atoms with Gasteiger partial charge in [0.2, 0.25) is 8.32 Å². The van der Waals surface area contributed by atoms with Gasteiger partial charge in [-0.1, -0.05) is 25.6 Å². The zero-order valence-corrected chi connectivity index (χ0v) is 16.5. The summed E-state index contributed by atoms with van der Waals surface area (Å²) in [7, 11) is -3.11. The lowest BCUT2D eigenvalue weighted by molar-refractivity contribution is -0.135. The first-order chi connectivity index (χ1) is 9.46. The van der Waals surface area contributed by atoms with Crippen molar-refractivity contribution in [3.05, 3.63) is 11.3 Å². The van der Waals surface area contributed by atoms with Gasteiger partial charge in [0.15, 0.2) is 5.78 Å². The highest BCUT2D eigenvalue weighted by atomic mass is 28.4. The van der Waals surface area contributed by atoms with Crippen molar-refractivity contribution in [3.63, 3.8) is 0 Å². The second-order valence-electron chi connectivity index (χ2n) is 8.42. The van der Waals surface area contributed by atoms with Crippen molar-refractivity contribution in [1.29, 1.82) is 0 Å². The van der Waals surface area contributed by atoms with Gasteiger partial charge >= 0.3 is 0 Å². The number of Topliss-reactive ketones (excluding diaryl/α,β-unsaturated/α-hetero) is 1. The Morgan fingerprint density at radius 2 is 1.86 bits per heavy atom. The van der Waals surface area contributed by atoms with Crippen molar-refractivity contribution in [2.24, 2.45) is 11.3 Å². The molecule has 2 rings (SSSR count). The summed E-state index contributed by atoms with van der Waals surface area (Å²) >= 11 is 0. The fourth-order valence-corrected chi connectivity index (χ4v) is 5.01. The van der Waals surface area contributed by atoms with E-state index in [0.717, 1.165) is 18.6 Å². The summed E-state index contributed by atoms with van der Waals surface area (Å²) < 4.78 is 6.19. The topological polar surface area (TPSA) is 26.3 Å². The Morgan fingerprint density at radius 1 is 1.24 bits per heavy atom. The molecule has 0 N–H and O–H groups in total. The van der Waals surface area contributed by atoms with Gasteiger partial charge in [-0.15, -0.1) is 5.54 Å². The van der Waals surface area contributed by atoms with Crippen LogP contribution in [0.15, 0.2) is 11.3 Å². The van der Waals surface area contributed by atoms with Crippen LogP contribution in [0, 0.1) is 22.8 Å². The highest BCUT2D eigenvalue weighted by Crippen LogP contribution is 2.58. The molecule has 2 nitrogen and oxygen atoms in total. The Bertz CT molecular complexity index is 552. The van der Waals surface area contributed by atoms with Crippen LogP contribution in [0.1, 0.15) is 26.2 Å². The quantitative estimate of drug-likeness (QED) is 0.429. The molecule has 2 saturated carbocycles. The van der Waals surface area contributed by atoms with E-state index in [1.807, 2.05) is 6.92 Å². The predicted octanol–water partition coefficient (Wildman–Crippen LogP) is 4.36. The van der Waals surface area contributed by atoms with Crippen LogP contribution in [0.3, 0.4) is 0 Å². The van der Waals surface area contributed by atoms with Crippen molar-refractivity contribution in [3.8, 4) is 11.5 Å². The minimum atomic E-state index is -1.64. The molecular weight excluding hydrogens is 292 g/mol. The van der Waals surface area contributed by atoms with E-state index >= 15 is 0 Å². The molecule has 2 aliphatic rings. The van der Waals surface area contributed by atoms with E-state index in [9.17, 15) is 4.79 Å². The van der Waals surface area contributed by atoms with E-state index < -0.39 is 21.8 Å². The van der Waals surface area contributed by atoms with Crippen molar-refractivity contribution in [2.45, 2.75) is 65.5 Å². The molecule has 0 aromatic rings. The van der Waals surface area contributed by atoms with Gasteiger partial charge in [0.25, 0.3) is 0 Å². The van der Waals surface area contributed by atoms with Crippen molar-refractivity contribution in [1.82, 2.24) is 0 Å². The monoisotopic (exact) mass is 320 g/mol. The molecule has 2 fully saturated rings. The van der Waals surface area contributed by atoms with Crippen LogP contribution in [-0.2, 0) is 9.22 Å². The minimum Gasteiger partial charge on any atom is -0.548 e. The molecule has 0 heterocycles. The number of hydrogen-bond acceptors (Lipinski definition) is 2. The smallest absolute Gasteiger partial charge is 0.241 e. The van der Waals surface area contributed by atoms with Crippen LogP contribution < -0.4 is 0 Å². The normalized spacial score (nSPS) is 31.0. The molecule has 2 atom stereocenters. The van der Waals surface area contributed by atoms with Crippen LogP contribution in [0.4, 0.5) is 0 Å². The van der Waals surface area contributed by atoms with E-state index in [2.05, 4.69) is 50.7 Å². The molecule has 4 heteroatoms. The van der Waals surface area contributed by atoms with Gasteiger partial charge in [0, 0.05) is 6.42 Å². The fourth-order valence-electron chi connectivity index (χ4n) is 3.39. The maximum Gasteiger partial charge on any atom is 0.241 e. The second kappa shape index (κ2) is 5.13. The number of carbonyl (C=O) groups is 1. The lowest BCUT2D eigenvalue weighted by Gasteiger charge is -2.41. The summed E-state index contributed by atoms with van der Waals surface area (Å²) in [6.45, 7) is 15.3. The SMILES string of the molecule is C/C(O[Si](C)(C)C)=C1/CC[C@H]2CC(=O)[C@@]12C#C[Si](C)(C)C. The van der Waals surface area contributed by atoms with Crippen LogP contribution >= 0.6 is 0 Å². The Hall–Kier alpha value is -0.796. The first-order valence-corrected chi connectivity index (χ1v) is 14.8. The molecule has 0 aliphatic heterocycles. The summed E-state index contributed by atoms with van der Waals surface area (Å²) in [5, 5.41) is 0. The van der Waals surface area contributed by atoms with Crippen molar-refractivity contribution in [2.75, 3.05) is 0 Å². The first-order valence-electron chi connectivity index (χ1n) is 7.92. The first kappa shape index (κ1) is 16.6. The summed E-state index contributed by atoms with van der Waals surface area (Å²) in [5.74, 6) is 5.18. The summed E-state index contributed by atoms with van der Waals surface area (Å²) in [6.07, 6.45) is 2.78. The average Bonchev–Trinajstić information content (AvgIpc) is 2.56. The molecule has 0 amide bonds. The fraction of sp³-hybridized carbons (Fsp3) is 0.706. The van der Waals surface area contributed by atoms with Crippen LogP contribution in [0.25, 0.3) is 0 Å². The molecule has 116 valence electrons. The molecule has 0 bridgehead atoms. The van der Waals surface area contributed by atoms with Gasteiger partial charge in [-0.3, -0.25) is 4.79 Å². The summed E-state index contributed by atoms with van der Waals surface area (Å²) in [5.41, 5.74) is 4.16. The van der Waals surface area contributed by atoms with Crippen molar-refractivity contribution < 1.29 is 9.22 Å². The van der Waals surface area contributed by atoms with Gasteiger partial charge in [-0.05, 0) is 50.9 Å². The number of carbonyl (C=O) groups excluding carboxylic acids is 1. The molecule has 0 spiro atoms. The van der Waals surface area contributed by atoms with Crippen LogP contribution in [-0.4, -0.2) is 22.2 Å². The third-order valence-electron chi connectivity index (χ3n) is 4.22. The number of ketones is 1. The molecule has 0 aromatic heterocycles. The van der Waals surface area contributed by atoms with E-state index in [4.69, 9.17) is 4.43 Å². The minimum absolute atomic E-state index is 0.323. The maximum absolute atomic E-state index is 12.5. The summed E-state index contributed by atoms with van der Waals surface area (Å²) in [4.78, 5) is 12.5. The van der Waals surface area contributed by atoms with Gasteiger partial charge < -0.3 is 4.43 Å². The van der Waals surface area contributed by atoms with Crippen molar-refractivity contribution >= 4 is 22.2 Å². The second-order valence-corrected chi connectivity index (χ2v) is 17.6. The Kier molecular flexibility index (Phi) is 4.05. The molecule has 0 unspecified atom stereocenters. The van der Waals surface area contributed by atoms with Crippen LogP contribution in [0.2, 0.25) is 39.3 Å². The number of hydrogen-bond donors (Lipinski definition) is 0. The zero-order valence-electron chi connectivity index (χ0n) is 14.5. The zero-order chi connectivity index (χ0) is 16.1. The summed E-state index contributed by atoms with van der Waals surface area (Å²) in [6, 6.07) is 0. The number of allylic oxidation sites excluding steroid dienone is 2. The molecule has 2 aliphatic carbocycles. The third kappa shape index (κ3) is 3.19. The lowest BCUT2D eigenvalue weighted by atomic mass is 9.59. The van der Waals surface area contributed by atoms with Gasteiger partial charge in [0.1, 0.15) is 13.5 Å². The predicted molar refractivity (Wildman–Crippen MR) is 93.0 cm³/mol. The average molecular weight is 321 g/mol. The molecular formula is C17H28O2Si2. The van der Waals surface area contributed by atoms with Gasteiger partial charge in [-0.25, -0.2) is 0 Å². The standard InChI is InChI=1S/C17H28O2Si2/c1-13(19-21(5,6)7)15-9-8-14-12-16(18)17(14,15)10-11-20(2,3)4/h14H,8-9,12H2,1-7H3/b15-13+/t14-,17+/m0/s1. The molecule has 0 radical (unpaired) electrons. The Morgan fingerprint density at radius 3 is 2.33 bits per heavy atom. The number of rotatable bonds is 2. The lowest BCUT2D eigenvalue weighted by Crippen LogP contribution is -2.47. The largest absolute Gasteiger partial charge is 0.548 e. The van der Waals surface area contributed by atoms with E-state index in [-0.39, 0.29) is 0 Å². The van der Waals surface area contributed by atoms with Crippen LogP contribution in [0.5, 0.6) is 0 Å².